The molecule has 1 aliphatic rings. The van der Waals surface area contributed by atoms with Gasteiger partial charge in [0, 0.05) is 17.7 Å². The zero-order valence-electron chi connectivity index (χ0n) is 23.8. The maximum atomic E-state index is 13.8. The van der Waals surface area contributed by atoms with Crippen LogP contribution in [0.1, 0.15) is 66.2 Å². The quantitative estimate of drug-likeness (QED) is 0.245. The Kier molecular flexibility index (Phi) is 9.00. The standard InChI is InChI=1S/C30H23F12NO3/c1-14(2)17-4-7-24(46-30(40,41)42)22(10-17)21-6-5-18(27(31,32)33)12-23(21)25-15(3)43(26(44)45-25)13-16-8-19(28(34,35)36)11-20(9-16)29(37,38)39/h4-12,14-15,25H,13H2,1-3H3/t15-,25-/m0/s1. The molecule has 16 heteroatoms. The fraction of sp³-hybridized carbons (Fsp3) is 0.367. The van der Waals surface area contributed by atoms with Gasteiger partial charge in [-0.25, -0.2) is 4.79 Å². The normalized spacial score (nSPS) is 17.9. The summed E-state index contributed by atoms with van der Waals surface area (Å²) >= 11 is 0. The predicted octanol–water partition coefficient (Wildman–Crippen LogP) is 10.5. The highest BCUT2D eigenvalue weighted by molar-refractivity contribution is 5.77. The number of benzene rings is 3. The van der Waals surface area contributed by atoms with Gasteiger partial charge < -0.3 is 9.47 Å². The lowest BCUT2D eigenvalue weighted by atomic mass is 9.89. The molecule has 3 aromatic carbocycles. The van der Waals surface area contributed by atoms with Gasteiger partial charge in [-0.3, -0.25) is 4.90 Å². The molecule has 0 unspecified atom stereocenters. The largest absolute Gasteiger partial charge is 0.573 e. The molecular formula is C30H23F12NO3. The van der Waals surface area contributed by atoms with Crippen molar-refractivity contribution in [3.8, 4) is 16.9 Å². The Labute approximate surface area is 253 Å². The van der Waals surface area contributed by atoms with Crippen LogP contribution in [0.3, 0.4) is 0 Å². The first-order valence-corrected chi connectivity index (χ1v) is 13.3. The summed E-state index contributed by atoms with van der Waals surface area (Å²) < 4.78 is 171. The van der Waals surface area contributed by atoms with Crippen molar-refractivity contribution < 1.29 is 67.0 Å². The Morgan fingerprint density at radius 2 is 1.30 bits per heavy atom. The molecule has 0 saturated carbocycles. The molecule has 1 saturated heterocycles. The van der Waals surface area contributed by atoms with Gasteiger partial charge in [-0.05, 0) is 72.0 Å². The number of amides is 1. The van der Waals surface area contributed by atoms with Crippen LogP contribution in [0.4, 0.5) is 57.5 Å². The maximum absolute atomic E-state index is 13.8. The van der Waals surface area contributed by atoms with E-state index >= 15 is 0 Å². The summed E-state index contributed by atoms with van der Waals surface area (Å²) in [6.45, 7) is 3.75. The van der Waals surface area contributed by atoms with Gasteiger partial charge >= 0.3 is 31.0 Å². The van der Waals surface area contributed by atoms with Crippen LogP contribution in [0.5, 0.6) is 5.75 Å². The van der Waals surface area contributed by atoms with Crippen LogP contribution in [-0.4, -0.2) is 23.4 Å². The molecule has 4 rings (SSSR count). The smallest absolute Gasteiger partial charge is 0.439 e. The predicted molar refractivity (Wildman–Crippen MR) is 138 cm³/mol. The highest BCUT2D eigenvalue weighted by atomic mass is 19.4. The molecule has 4 nitrogen and oxygen atoms in total. The van der Waals surface area contributed by atoms with E-state index in [4.69, 9.17) is 4.74 Å². The first-order chi connectivity index (χ1) is 21.0. The fourth-order valence-corrected chi connectivity index (χ4v) is 4.99. The van der Waals surface area contributed by atoms with E-state index in [1.54, 1.807) is 13.8 Å². The number of rotatable bonds is 6. The second-order valence-corrected chi connectivity index (χ2v) is 10.8. The third kappa shape index (κ3) is 7.64. The average Bonchev–Trinajstić information content (AvgIpc) is 3.18. The fourth-order valence-electron chi connectivity index (χ4n) is 4.99. The summed E-state index contributed by atoms with van der Waals surface area (Å²) in [4.78, 5) is 13.6. The molecule has 0 aliphatic carbocycles. The van der Waals surface area contributed by atoms with Crippen LogP contribution in [-0.2, 0) is 29.8 Å². The average molecular weight is 673 g/mol. The van der Waals surface area contributed by atoms with Gasteiger partial charge in [-0.15, -0.1) is 13.2 Å². The molecule has 0 aromatic heterocycles. The van der Waals surface area contributed by atoms with E-state index in [2.05, 4.69) is 4.74 Å². The van der Waals surface area contributed by atoms with Crippen LogP contribution >= 0.6 is 0 Å². The lowest BCUT2D eigenvalue weighted by Crippen LogP contribution is -2.32. The number of halogens is 12. The summed E-state index contributed by atoms with van der Waals surface area (Å²) in [6.07, 6.45) is -23.5. The molecule has 46 heavy (non-hydrogen) atoms. The second-order valence-electron chi connectivity index (χ2n) is 10.8. The third-order valence-electron chi connectivity index (χ3n) is 7.26. The summed E-state index contributed by atoms with van der Waals surface area (Å²) in [5.41, 5.74) is -5.70. The number of carbonyl (C=O) groups excluding carboxylic acids is 1. The molecule has 1 heterocycles. The minimum Gasteiger partial charge on any atom is -0.439 e. The van der Waals surface area contributed by atoms with Gasteiger partial charge in [-0.2, -0.15) is 39.5 Å². The lowest BCUT2D eigenvalue weighted by molar-refractivity contribution is -0.274. The van der Waals surface area contributed by atoms with Crippen molar-refractivity contribution in [3.63, 3.8) is 0 Å². The number of hydrogen-bond acceptors (Lipinski definition) is 3. The zero-order chi connectivity index (χ0) is 34.6. The minimum absolute atomic E-state index is 0.112. The molecule has 1 amide bonds. The number of hydrogen-bond donors (Lipinski definition) is 0. The number of nitrogens with zero attached hydrogens (tertiary/aromatic N) is 1. The van der Waals surface area contributed by atoms with Crippen LogP contribution in [0.25, 0.3) is 11.1 Å². The lowest BCUT2D eigenvalue weighted by Gasteiger charge is -2.25. The topological polar surface area (TPSA) is 38.8 Å². The molecule has 1 aliphatic heterocycles. The third-order valence-corrected chi connectivity index (χ3v) is 7.26. The molecular weight excluding hydrogens is 650 g/mol. The van der Waals surface area contributed by atoms with E-state index in [-0.39, 0.29) is 23.1 Å². The molecule has 0 spiro atoms. The van der Waals surface area contributed by atoms with E-state index in [1.165, 1.54) is 19.1 Å². The number of carbonyl (C=O) groups is 1. The molecule has 0 N–H and O–H groups in total. The van der Waals surface area contributed by atoms with E-state index in [0.29, 0.717) is 34.7 Å². The Morgan fingerprint density at radius 3 is 1.80 bits per heavy atom. The molecule has 3 aromatic rings. The van der Waals surface area contributed by atoms with Crippen molar-refractivity contribution in [1.82, 2.24) is 4.90 Å². The van der Waals surface area contributed by atoms with Gasteiger partial charge in [0.05, 0.1) is 22.7 Å². The van der Waals surface area contributed by atoms with Crippen molar-refractivity contribution in [3.05, 3.63) is 88.0 Å². The zero-order valence-corrected chi connectivity index (χ0v) is 23.8. The van der Waals surface area contributed by atoms with Crippen molar-refractivity contribution >= 4 is 6.09 Å². The minimum atomic E-state index is -5.20. The van der Waals surface area contributed by atoms with Gasteiger partial charge in [0.2, 0.25) is 0 Å². The molecule has 1 fully saturated rings. The molecule has 2 atom stereocenters. The van der Waals surface area contributed by atoms with Crippen molar-refractivity contribution in [1.29, 1.82) is 0 Å². The summed E-state index contributed by atoms with van der Waals surface area (Å²) in [5.74, 6) is -1.04. The van der Waals surface area contributed by atoms with Crippen molar-refractivity contribution in [2.75, 3.05) is 0 Å². The van der Waals surface area contributed by atoms with Crippen LogP contribution < -0.4 is 4.74 Å². The van der Waals surface area contributed by atoms with E-state index in [1.807, 2.05) is 0 Å². The first kappa shape index (κ1) is 34.8. The van der Waals surface area contributed by atoms with Crippen LogP contribution in [0.2, 0.25) is 0 Å². The van der Waals surface area contributed by atoms with Crippen molar-refractivity contribution in [2.45, 2.75) is 70.3 Å². The van der Waals surface area contributed by atoms with E-state index in [9.17, 15) is 57.5 Å². The Bertz CT molecular complexity index is 1570. The van der Waals surface area contributed by atoms with Gasteiger partial charge in [0.1, 0.15) is 11.9 Å². The summed E-state index contributed by atoms with van der Waals surface area (Å²) in [7, 11) is 0. The molecule has 0 bridgehead atoms. The Morgan fingerprint density at radius 1 is 0.739 bits per heavy atom. The number of cyclic esters (lactones) is 1. The molecule has 0 radical (unpaired) electrons. The maximum Gasteiger partial charge on any atom is 0.573 e. The Hall–Kier alpha value is -4.11. The number of ether oxygens (including phenoxy) is 2. The van der Waals surface area contributed by atoms with Crippen molar-refractivity contribution in [2.24, 2.45) is 0 Å². The second kappa shape index (κ2) is 11.9. The van der Waals surface area contributed by atoms with Gasteiger partial charge in [0.15, 0.2) is 0 Å². The molecule has 250 valence electrons. The van der Waals surface area contributed by atoms with Gasteiger partial charge in [0.25, 0.3) is 0 Å². The highest BCUT2D eigenvalue weighted by Crippen LogP contribution is 2.45. The summed E-state index contributed by atoms with van der Waals surface area (Å²) in [6, 6.07) is 4.91. The number of alkyl halides is 12. The van der Waals surface area contributed by atoms with Gasteiger partial charge in [-0.1, -0.05) is 26.0 Å². The SMILES string of the molecule is CC(C)c1ccc(OC(F)(F)F)c(-c2ccc(C(F)(F)F)cc2[C@H]2OC(=O)N(Cc3cc(C(F)(F)F)cc(C(F)(F)F)c3)[C@H]2C)c1. The van der Waals surface area contributed by atoms with Crippen LogP contribution in [0.15, 0.2) is 54.6 Å². The van der Waals surface area contributed by atoms with Crippen LogP contribution in [0, 0.1) is 0 Å². The van der Waals surface area contributed by atoms with E-state index < -0.39 is 83.2 Å². The highest BCUT2D eigenvalue weighted by Gasteiger charge is 2.44. The monoisotopic (exact) mass is 673 g/mol. The van der Waals surface area contributed by atoms with E-state index in [0.717, 1.165) is 12.1 Å². The Balaban J connectivity index is 1.84. The first-order valence-electron chi connectivity index (χ1n) is 13.3. The summed E-state index contributed by atoms with van der Waals surface area (Å²) in [5, 5.41) is 0.